The molecule has 0 saturated heterocycles. The molecule has 0 amide bonds. The number of benzene rings is 1. The zero-order valence-corrected chi connectivity index (χ0v) is 9.91. The van der Waals surface area contributed by atoms with Crippen LogP contribution in [-0.4, -0.2) is 4.92 Å². The number of allylic oxidation sites excluding steroid dienone is 1. The van der Waals surface area contributed by atoms with Crippen molar-refractivity contribution in [2.45, 2.75) is 20.3 Å². The molecule has 0 aliphatic carbocycles. The minimum atomic E-state index is -1.58. The Kier molecular flexibility index (Phi) is 4.47. The third-order valence-corrected chi connectivity index (χ3v) is 2.19. The van der Waals surface area contributed by atoms with Gasteiger partial charge in [0.25, 0.3) is 0 Å². The number of rotatable bonds is 4. The van der Waals surface area contributed by atoms with Gasteiger partial charge in [0.05, 0.1) is 4.92 Å². The van der Waals surface area contributed by atoms with Crippen LogP contribution in [0, 0.1) is 33.5 Å². The summed E-state index contributed by atoms with van der Waals surface area (Å²) in [5.41, 5.74) is -0.242. The first-order chi connectivity index (χ1) is 8.31. The molecule has 0 saturated carbocycles. The fourth-order valence-corrected chi connectivity index (χ4v) is 1.46. The summed E-state index contributed by atoms with van der Waals surface area (Å²) in [5, 5.41) is 10.8. The largest absolute Gasteiger partial charge is 0.259 e. The Morgan fingerprint density at radius 1 is 1.33 bits per heavy atom. The molecule has 0 fully saturated rings. The van der Waals surface area contributed by atoms with Gasteiger partial charge in [0, 0.05) is 12.5 Å². The lowest BCUT2D eigenvalue weighted by Gasteiger charge is -2.03. The summed E-state index contributed by atoms with van der Waals surface area (Å²) in [6, 6.07) is 1.45. The summed E-state index contributed by atoms with van der Waals surface area (Å²) in [4.78, 5) is 10.1. The van der Waals surface area contributed by atoms with Gasteiger partial charge in [-0.3, -0.25) is 10.1 Å². The van der Waals surface area contributed by atoms with Crippen LogP contribution in [0.2, 0.25) is 0 Å². The lowest BCUT2D eigenvalue weighted by Crippen LogP contribution is -2.03. The summed E-state index contributed by atoms with van der Waals surface area (Å²) in [5.74, 6) is -4.29. The lowest BCUT2D eigenvalue weighted by atomic mass is 10.1. The highest BCUT2D eigenvalue weighted by Crippen LogP contribution is 2.19. The number of halogens is 3. The zero-order chi connectivity index (χ0) is 13.9. The molecule has 1 aromatic rings. The highest BCUT2D eigenvalue weighted by atomic mass is 19.2. The van der Waals surface area contributed by atoms with Gasteiger partial charge >= 0.3 is 0 Å². The molecule has 3 nitrogen and oxygen atoms in total. The topological polar surface area (TPSA) is 43.1 Å². The van der Waals surface area contributed by atoms with E-state index >= 15 is 0 Å². The second-order valence-corrected chi connectivity index (χ2v) is 4.29. The Morgan fingerprint density at radius 3 is 2.22 bits per heavy atom. The van der Waals surface area contributed by atoms with Crippen LogP contribution in [0.15, 0.2) is 17.8 Å². The summed E-state index contributed by atoms with van der Waals surface area (Å²) < 4.78 is 38.6. The van der Waals surface area contributed by atoms with Crippen LogP contribution in [0.1, 0.15) is 25.8 Å². The predicted octanol–water partition coefficient (Wildman–Crippen LogP) is 3.77. The molecule has 0 radical (unpaired) electrons. The van der Waals surface area contributed by atoms with E-state index in [-0.39, 0.29) is 23.6 Å². The maximum atomic E-state index is 12.9. The third-order valence-electron chi connectivity index (χ3n) is 2.19. The molecule has 1 rings (SSSR count). The number of hydrogen-bond donors (Lipinski definition) is 0. The highest BCUT2D eigenvalue weighted by molar-refractivity contribution is 5.51. The summed E-state index contributed by atoms with van der Waals surface area (Å²) in [6.45, 7) is 3.56. The molecule has 0 N–H and O–H groups in total. The van der Waals surface area contributed by atoms with Crippen molar-refractivity contribution in [1.29, 1.82) is 0 Å². The van der Waals surface area contributed by atoms with Gasteiger partial charge in [0.2, 0.25) is 5.70 Å². The Morgan fingerprint density at radius 2 is 1.83 bits per heavy atom. The van der Waals surface area contributed by atoms with Crippen LogP contribution in [0.25, 0.3) is 6.08 Å². The molecule has 98 valence electrons. The minimum absolute atomic E-state index is 0.0248. The Bertz CT molecular complexity index is 475. The van der Waals surface area contributed by atoms with E-state index in [1.807, 2.05) is 0 Å². The summed E-state index contributed by atoms with van der Waals surface area (Å²) in [6.07, 6.45) is 1.21. The number of nitrogens with zero attached hydrogens (tertiary/aromatic N) is 1. The first-order valence-electron chi connectivity index (χ1n) is 5.30. The SMILES string of the molecule is CC(C)CC(=Cc1cc(F)c(F)c(F)c1)[N+](=O)[O-]. The lowest BCUT2D eigenvalue weighted by molar-refractivity contribution is -0.427. The van der Waals surface area contributed by atoms with Gasteiger partial charge in [-0.25, -0.2) is 13.2 Å². The van der Waals surface area contributed by atoms with Crippen molar-refractivity contribution in [1.82, 2.24) is 0 Å². The van der Waals surface area contributed by atoms with Gasteiger partial charge in [-0.1, -0.05) is 13.8 Å². The molecule has 0 atom stereocenters. The van der Waals surface area contributed by atoms with Crippen LogP contribution < -0.4 is 0 Å². The minimum Gasteiger partial charge on any atom is -0.259 e. The van der Waals surface area contributed by atoms with Crippen molar-refractivity contribution in [3.63, 3.8) is 0 Å². The maximum absolute atomic E-state index is 12.9. The number of nitro groups is 1. The van der Waals surface area contributed by atoms with Crippen LogP contribution in [-0.2, 0) is 0 Å². The monoisotopic (exact) mass is 259 g/mol. The van der Waals surface area contributed by atoms with Gasteiger partial charge in [0.15, 0.2) is 17.5 Å². The Labute approximate surface area is 102 Å². The molecular formula is C12H12F3NO2. The Balaban J connectivity index is 3.16. The van der Waals surface area contributed by atoms with E-state index in [9.17, 15) is 23.3 Å². The third kappa shape index (κ3) is 3.58. The second kappa shape index (κ2) is 5.66. The van der Waals surface area contributed by atoms with E-state index in [1.165, 1.54) is 0 Å². The maximum Gasteiger partial charge on any atom is 0.247 e. The molecule has 6 heteroatoms. The van der Waals surface area contributed by atoms with Crippen molar-refractivity contribution in [2.75, 3.05) is 0 Å². The van der Waals surface area contributed by atoms with E-state index < -0.39 is 22.4 Å². The predicted molar refractivity (Wildman–Crippen MR) is 60.7 cm³/mol. The first-order valence-corrected chi connectivity index (χ1v) is 5.30. The fraction of sp³-hybridized carbons (Fsp3) is 0.333. The van der Waals surface area contributed by atoms with Crippen LogP contribution in [0.5, 0.6) is 0 Å². The van der Waals surface area contributed by atoms with Crippen LogP contribution >= 0.6 is 0 Å². The molecule has 0 aromatic heterocycles. The van der Waals surface area contributed by atoms with Crippen LogP contribution in [0.4, 0.5) is 13.2 Å². The van der Waals surface area contributed by atoms with Crippen LogP contribution in [0.3, 0.4) is 0 Å². The standard InChI is InChI=1S/C12H12F3NO2/c1-7(2)3-9(16(17)18)4-8-5-10(13)12(15)11(14)6-8/h4-7H,3H2,1-2H3. The molecule has 0 spiro atoms. The van der Waals surface area contributed by atoms with E-state index in [4.69, 9.17) is 0 Å². The smallest absolute Gasteiger partial charge is 0.247 e. The van der Waals surface area contributed by atoms with E-state index in [1.54, 1.807) is 13.8 Å². The van der Waals surface area contributed by atoms with E-state index in [0.717, 1.165) is 18.2 Å². The molecule has 0 aliphatic heterocycles. The van der Waals surface area contributed by atoms with Crippen molar-refractivity contribution in [3.8, 4) is 0 Å². The molecule has 1 aromatic carbocycles. The average Bonchev–Trinajstić information content (AvgIpc) is 2.24. The van der Waals surface area contributed by atoms with Gasteiger partial charge in [-0.2, -0.15) is 0 Å². The zero-order valence-electron chi connectivity index (χ0n) is 9.91. The van der Waals surface area contributed by atoms with Gasteiger partial charge in [-0.15, -0.1) is 0 Å². The molecule has 18 heavy (non-hydrogen) atoms. The fourth-order valence-electron chi connectivity index (χ4n) is 1.46. The van der Waals surface area contributed by atoms with Gasteiger partial charge < -0.3 is 0 Å². The molecule has 0 aliphatic rings. The summed E-state index contributed by atoms with van der Waals surface area (Å²) >= 11 is 0. The van der Waals surface area contributed by atoms with Crippen molar-refractivity contribution in [3.05, 3.63) is 51.0 Å². The molecule has 0 bridgehead atoms. The highest BCUT2D eigenvalue weighted by Gasteiger charge is 2.15. The molecule has 0 unspecified atom stereocenters. The second-order valence-electron chi connectivity index (χ2n) is 4.29. The quantitative estimate of drug-likeness (QED) is 0.469. The van der Waals surface area contributed by atoms with Crippen molar-refractivity contribution in [2.24, 2.45) is 5.92 Å². The van der Waals surface area contributed by atoms with E-state index in [0.29, 0.717) is 0 Å². The van der Waals surface area contributed by atoms with Gasteiger partial charge in [0.1, 0.15) is 0 Å². The Hall–Kier alpha value is -1.85. The van der Waals surface area contributed by atoms with Gasteiger partial charge in [-0.05, 0) is 23.6 Å². The van der Waals surface area contributed by atoms with Crippen molar-refractivity contribution < 1.29 is 18.1 Å². The van der Waals surface area contributed by atoms with E-state index in [2.05, 4.69) is 0 Å². The normalized spacial score (nSPS) is 12.0. The number of hydrogen-bond acceptors (Lipinski definition) is 2. The molecular weight excluding hydrogens is 247 g/mol. The average molecular weight is 259 g/mol. The van der Waals surface area contributed by atoms with Crippen molar-refractivity contribution >= 4 is 6.08 Å². The molecule has 0 heterocycles. The first kappa shape index (κ1) is 14.2. The summed E-state index contributed by atoms with van der Waals surface area (Å²) in [7, 11) is 0.